The normalized spacial score (nSPS) is 17.0. The molecule has 29 heavy (non-hydrogen) atoms. The van der Waals surface area contributed by atoms with Gasteiger partial charge in [0.25, 0.3) is 5.91 Å². The first-order chi connectivity index (χ1) is 13.7. The summed E-state index contributed by atoms with van der Waals surface area (Å²) in [6.45, 7) is 0.904. The first kappa shape index (κ1) is 20.7. The molecule has 1 aliphatic heterocycles. The van der Waals surface area contributed by atoms with E-state index in [1.54, 1.807) is 17.0 Å². The lowest BCUT2D eigenvalue weighted by molar-refractivity contribution is -0.274. The van der Waals surface area contributed by atoms with Gasteiger partial charge in [-0.2, -0.15) is 0 Å². The third-order valence-electron chi connectivity index (χ3n) is 4.37. The largest absolute Gasteiger partial charge is 0.573 e. The Kier molecular flexibility index (Phi) is 6.09. The molecule has 1 aliphatic rings. The molecule has 1 amide bonds. The molecule has 2 aromatic rings. The maximum atomic E-state index is 12.7. The Balaban J connectivity index is 1.60. The lowest BCUT2D eigenvalue weighted by Gasteiger charge is -2.32. The predicted molar refractivity (Wildman–Crippen MR) is 99.0 cm³/mol. The van der Waals surface area contributed by atoms with Crippen molar-refractivity contribution < 1.29 is 27.4 Å². The Bertz CT molecular complexity index is 826. The van der Waals surface area contributed by atoms with Crippen LogP contribution in [0.5, 0.6) is 11.6 Å². The van der Waals surface area contributed by atoms with E-state index >= 15 is 0 Å². The summed E-state index contributed by atoms with van der Waals surface area (Å²) in [6.07, 6.45) is -3.50. The molecular formula is C19H21F3N4O3. The van der Waals surface area contributed by atoms with Crippen molar-refractivity contribution in [3.8, 4) is 11.6 Å². The van der Waals surface area contributed by atoms with Crippen molar-refractivity contribution in [2.45, 2.75) is 25.3 Å². The molecule has 7 nitrogen and oxygen atoms in total. The minimum absolute atomic E-state index is 0.236. The number of anilines is 1. The fourth-order valence-corrected chi connectivity index (χ4v) is 2.99. The zero-order valence-electron chi connectivity index (χ0n) is 16.0. The van der Waals surface area contributed by atoms with Crippen LogP contribution in [0.4, 0.5) is 19.0 Å². The van der Waals surface area contributed by atoms with E-state index in [-0.39, 0.29) is 23.3 Å². The molecule has 1 aromatic heterocycles. The third kappa shape index (κ3) is 5.72. The van der Waals surface area contributed by atoms with E-state index in [1.807, 2.05) is 19.0 Å². The van der Waals surface area contributed by atoms with Gasteiger partial charge >= 0.3 is 6.36 Å². The van der Waals surface area contributed by atoms with Gasteiger partial charge in [0.15, 0.2) is 5.82 Å². The second kappa shape index (κ2) is 8.54. The van der Waals surface area contributed by atoms with Crippen LogP contribution in [0.2, 0.25) is 0 Å². The van der Waals surface area contributed by atoms with Crippen molar-refractivity contribution in [3.05, 3.63) is 42.0 Å². The molecule has 10 heteroatoms. The predicted octanol–water partition coefficient (Wildman–Crippen LogP) is 3.12. The topological polar surface area (TPSA) is 67.8 Å². The SMILES string of the molecule is CN(C)c1ccc(OC2CCCN(C(=O)c3ccc(OC(F)(F)F)cc3)C2)nn1. The summed E-state index contributed by atoms with van der Waals surface area (Å²) in [5.74, 6) is 0.443. The number of hydrogen-bond donors (Lipinski definition) is 0. The molecule has 0 radical (unpaired) electrons. The van der Waals surface area contributed by atoms with E-state index in [0.717, 1.165) is 25.0 Å². The molecular weight excluding hydrogens is 389 g/mol. The highest BCUT2D eigenvalue weighted by molar-refractivity contribution is 5.94. The molecule has 0 bridgehead atoms. The molecule has 156 valence electrons. The Morgan fingerprint density at radius 3 is 2.45 bits per heavy atom. The number of carbonyl (C=O) groups is 1. The van der Waals surface area contributed by atoms with E-state index in [9.17, 15) is 18.0 Å². The van der Waals surface area contributed by atoms with Crippen LogP contribution in [-0.4, -0.2) is 60.7 Å². The molecule has 2 heterocycles. The summed E-state index contributed by atoms with van der Waals surface area (Å²) in [7, 11) is 3.72. The number of ether oxygens (including phenoxy) is 2. The van der Waals surface area contributed by atoms with Gasteiger partial charge < -0.3 is 19.3 Å². The second-order valence-electron chi connectivity index (χ2n) is 6.83. The smallest absolute Gasteiger partial charge is 0.471 e. The van der Waals surface area contributed by atoms with Crippen LogP contribution in [0.3, 0.4) is 0 Å². The average Bonchev–Trinajstić information content (AvgIpc) is 2.67. The third-order valence-corrected chi connectivity index (χ3v) is 4.37. The fourth-order valence-electron chi connectivity index (χ4n) is 2.99. The van der Waals surface area contributed by atoms with Crippen LogP contribution < -0.4 is 14.4 Å². The number of benzene rings is 1. The summed E-state index contributed by atoms with van der Waals surface area (Å²) in [6, 6.07) is 8.40. The summed E-state index contributed by atoms with van der Waals surface area (Å²) >= 11 is 0. The number of hydrogen-bond acceptors (Lipinski definition) is 6. The minimum Gasteiger partial charge on any atom is -0.471 e. The molecule has 1 fully saturated rings. The number of halogens is 3. The number of alkyl halides is 3. The monoisotopic (exact) mass is 410 g/mol. The van der Waals surface area contributed by atoms with Gasteiger partial charge in [0, 0.05) is 32.3 Å². The quantitative estimate of drug-likeness (QED) is 0.755. The van der Waals surface area contributed by atoms with Gasteiger partial charge in [-0.3, -0.25) is 4.79 Å². The number of amides is 1. The van der Waals surface area contributed by atoms with E-state index < -0.39 is 6.36 Å². The van der Waals surface area contributed by atoms with Crippen LogP contribution >= 0.6 is 0 Å². The number of carbonyl (C=O) groups excluding carboxylic acids is 1. The number of likely N-dealkylation sites (tertiary alicyclic amines) is 1. The van der Waals surface area contributed by atoms with E-state index in [2.05, 4.69) is 14.9 Å². The van der Waals surface area contributed by atoms with E-state index in [1.165, 1.54) is 12.1 Å². The summed E-state index contributed by atoms with van der Waals surface area (Å²) in [5.41, 5.74) is 0.287. The van der Waals surface area contributed by atoms with Crippen molar-refractivity contribution >= 4 is 11.7 Å². The van der Waals surface area contributed by atoms with Crippen LogP contribution in [0.1, 0.15) is 23.2 Å². The molecule has 1 unspecified atom stereocenters. The van der Waals surface area contributed by atoms with Crippen molar-refractivity contribution in [1.29, 1.82) is 0 Å². The number of rotatable bonds is 5. The molecule has 0 spiro atoms. The Morgan fingerprint density at radius 2 is 1.86 bits per heavy atom. The van der Waals surface area contributed by atoms with Gasteiger partial charge in [0.05, 0.1) is 6.54 Å². The first-order valence-electron chi connectivity index (χ1n) is 9.04. The van der Waals surface area contributed by atoms with Gasteiger partial charge in [-0.15, -0.1) is 23.4 Å². The molecule has 1 saturated heterocycles. The van der Waals surface area contributed by atoms with Crippen molar-refractivity contribution in [1.82, 2.24) is 15.1 Å². The summed E-state index contributed by atoms with van der Waals surface area (Å²) < 4.78 is 46.4. The van der Waals surface area contributed by atoms with Crippen LogP contribution in [0, 0.1) is 0 Å². The highest BCUT2D eigenvalue weighted by Gasteiger charge is 2.31. The van der Waals surface area contributed by atoms with E-state index in [4.69, 9.17) is 4.74 Å². The number of nitrogens with zero attached hydrogens (tertiary/aromatic N) is 4. The maximum Gasteiger partial charge on any atom is 0.573 e. The highest BCUT2D eigenvalue weighted by Crippen LogP contribution is 2.24. The zero-order chi connectivity index (χ0) is 21.0. The lowest BCUT2D eigenvalue weighted by atomic mass is 10.1. The summed E-state index contributed by atoms with van der Waals surface area (Å²) in [5, 5.41) is 8.10. The average molecular weight is 410 g/mol. The maximum absolute atomic E-state index is 12.7. The van der Waals surface area contributed by atoms with Crippen molar-refractivity contribution in [2.75, 3.05) is 32.1 Å². The number of piperidine rings is 1. The second-order valence-corrected chi connectivity index (χ2v) is 6.83. The molecule has 1 aromatic carbocycles. The number of aromatic nitrogens is 2. The van der Waals surface area contributed by atoms with Gasteiger partial charge in [-0.05, 0) is 43.2 Å². The van der Waals surface area contributed by atoms with Gasteiger partial charge in [0.1, 0.15) is 11.9 Å². The first-order valence-corrected chi connectivity index (χ1v) is 9.04. The molecule has 0 aliphatic carbocycles. The highest BCUT2D eigenvalue weighted by atomic mass is 19.4. The molecule has 1 atom stereocenters. The van der Waals surface area contributed by atoms with Gasteiger partial charge in [-0.25, -0.2) is 0 Å². The van der Waals surface area contributed by atoms with Gasteiger partial charge in [-0.1, -0.05) is 0 Å². The fraction of sp³-hybridized carbons (Fsp3) is 0.421. The Labute approximate surface area is 166 Å². The van der Waals surface area contributed by atoms with Crippen molar-refractivity contribution in [3.63, 3.8) is 0 Å². The summed E-state index contributed by atoms with van der Waals surface area (Å²) in [4.78, 5) is 16.1. The molecule has 0 saturated carbocycles. The standard InChI is InChI=1S/C19H21F3N4O3/c1-25(2)16-9-10-17(24-23-16)28-15-4-3-11-26(12-15)18(27)13-5-7-14(8-6-13)29-19(20,21)22/h5-10,15H,3-4,11-12H2,1-2H3. The molecule has 0 N–H and O–H groups in total. The van der Waals surface area contributed by atoms with Crippen LogP contribution in [-0.2, 0) is 0 Å². The van der Waals surface area contributed by atoms with Crippen LogP contribution in [0.25, 0.3) is 0 Å². The lowest BCUT2D eigenvalue weighted by Crippen LogP contribution is -2.44. The van der Waals surface area contributed by atoms with Crippen LogP contribution in [0.15, 0.2) is 36.4 Å². The van der Waals surface area contributed by atoms with Crippen molar-refractivity contribution in [2.24, 2.45) is 0 Å². The Morgan fingerprint density at radius 1 is 1.14 bits per heavy atom. The minimum atomic E-state index is -4.77. The van der Waals surface area contributed by atoms with E-state index in [0.29, 0.717) is 24.8 Å². The molecule has 3 rings (SSSR count). The van der Waals surface area contributed by atoms with Gasteiger partial charge in [0.2, 0.25) is 5.88 Å². The zero-order valence-corrected chi connectivity index (χ0v) is 16.0. The Hall–Kier alpha value is -3.04.